The van der Waals surface area contributed by atoms with E-state index in [1.165, 1.54) is 12.8 Å². The molecule has 1 aliphatic carbocycles. The molecular formula is C16H24FN. The van der Waals surface area contributed by atoms with E-state index in [0.717, 1.165) is 37.4 Å². The van der Waals surface area contributed by atoms with E-state index in [1.54, 1.807) is 12.1 Å². The number of hydrogen-bond donors (Lipinski definition) is 1. The summed E-state index contributed by atoms with van der Waals surface area (Å²) in [7, 11) is 0. The zero-order chi connectivity index (χ0) is 13.0. The summed E-state index contributed by atoms with van der Waals surface area (Å²) >= 11 is 0. The Hall–Kier alpha value is -0.890. The molecule has 18 heavy (non-hydrogen) atoms. The fourth-order valence-electron chi connectivity index (χ4n) is 2.62. The lowest BCUT2D eigenvalue weighted by atomic mass is 9.79. The maximum Gasteiger partial charge on any atom is 0.126 e. The molecule has 0 aromatic heterocycles. The van der Waals surface area contributed by atoms with Gasteiger partial charge in [-0.25, -0.2) is 4.39 Å². The van der Waals surface area contributed by atoms with Crippen LogP contribution in [0.15, 0.2) is 24.3 Å². The molecule has 1 atom stereocenters. The van der Waals surface area contributed by atoms with Crippen molar-refractivity contribution in [1.29, 1.82) is 0 Å². The second-order valence-corrected chi connectivity index (χ2v) is 5.98. The summed E-state index contributed by atoms with van der Waals surface area (Å²) in [6.07, 6.45) is 5.73. The summed E-state index contributed by atoms with van der Waals surface area (Å²) in [5, 5.41) is 3.60. The molecule has 0 heterocycles. The van der Waals surface area contributed by atoms with Gasteiger partial charge in [-0.15, -0.1) is 0 Å². The molecule has 0 aliphatic heterocycles. The highest BCUT2D eigenvalue weighted by molar-refractivity contribution is 5.19. The molecule has 1 fully saturated rings. The maximum atomic E-state index is 13.8. The Morgan fingerprint density at radius 2 is 2.06 bits per heavy atom. The SMILES string of the molecule is CCCC(C)(CNC1CC1)Cc1ccccc1F. The van der Waals surface area contributed by atoms with Crippen LogP contribution in [0.4, 0.5) is 4.39 Å². The van der Waals surface area contributed by atoms with Gasteiger partial charge in [0.25, 0.3) is 0 Å². The Labute approximate surface area is 110 Å². The third-order valence-corrected chi connectivity index (χ3v) is 3.82. The minimum absolute atomic E-state index is 0.0637. The molecule has 1 N–H and O–H groups in total. The zero-order valence-electron chi connectivity index (χ0n) is 11.5. The first-order valence-electron chi connectivity index (χ1n) is 7.10. The van der Waals surface area contributed by atoms with Crippen molar-refractivity contribution in [2.24, 2.45) is 5.41 Å². The van der Waals surface area contributed by atoms with Gasteiger partial charge in [0.05, 0.1) is 0 Å². The summed E-state index contributed by atoms with van der Waals surface area (Å²) in [4.78, 5) is 0. The first-order valence-corrected chi connectivity index (χ1v) is 7.10. The van der Waals surface area contributed by atoms with Gasteiger partial charge in [0.1, 0.15) is 5.82 Å². The number of halogens is 1. The Bertz CT molecular complexity index is 386. The average molecular weight is 249 g/mol. The molecule has 2 rings (SSSR count). The van der Waals surface area contributed by atoms with Crippen molar-refractivity contribution in [3.05, 3.63) is 35.6 Å². The Morgan fingerprint density at radius 1 is 1.33 bits per heavy atom. The van der Waals surface area contributed by atoms with Gasteiger partial charge in [0, 0.05) is 12.6 Å². The smallest absolute Gasteiger partial charge is 0.126 e. The van der Waals surface area contributed by atoms with Crippen LogP contribution in [0.1, 0.15) is 45.1 Å². The van der Waals surface area contributed by atoms with Crippen LogP contribution < -0.4 is 5.32 Å². The van der Waals surface area contributed by atoms with Crippen LogP contribution in [0.5, 0.6) is 0 Å². The molecule has 100 valence electrons. The van der Waals surface area contributed by atoms with Gasteiger partial charge in [0.2, 0.25) is 0 Å². The highest BCUT2D eigenvalue weighted by Gasteiger charge is 2.28. The van der Waals surface area contributed by atoms with E-state index in [-0.39, 0.29) is 11.2 Å². The van der Waals surface area contributed by atoms with Crippen molar-refractivity contribution in [2.45, 2.75) is 52.0 Å². The third-order valence-electron chi connectivity index (χ3n) is 3.82. The minimum atomic E-state index is -0.0637. The van der Waals surface area contributed by atoms with Gasteiger partial charge < -0.3 is 5.32 Å². The highest BCUT2D eigenvalue weighted by Crippen LogP contribution is 2.30. The molecule has 0 amide bonds. The van der Waals surface area contributed by atoms with Crippen LogP contribution in [-0.2, 0) is 6.42 Å². The largest absolute Gasteiger partial charge is 0.313 e. The van der Waals surface area contributed by atoms with Crippen molar-refractivity contribution in [2.75, 3.05) is 6.54 Å². The van der Waals surface area contributed by atoms with Gasteiger partial charge in [-0.3, -0.25) is 0 Å². The predicted octanol–water partition coefficient (Wildman–Crippen LogP) is 3.93. The first-order chi connectivity index (χ1) is 8.63. The quantitative estimate of drug-likeness (QED) is 0.772. The third kappa shape index (κ3) is 3.81. The van der Waals surface area contributed by atoms with E-state index < -0.39 is 0 Å². The number of hydrogen-bond acceptors (Lipinski definition) is 1. The lowest BCUT2D eigenvalue weighted by Gasteiger charge is -2.30. The summed E-state index contributed by atoms with van der Waals surface area (Å²) in [6, 6.07) is 7.90. The average Bonchev–Trinajstić information content (AvgIpc) is 3.14. The van der Waals surface area contributed by atoms with Crippen molar-refractivity contribution in [3.8, 4) is 0 Å². The summed E-state index contributed by atoms with van der Waals surface area (Å²) in [6.45, 7) is 5.48. The molecule has 1 nitrogen and oxygen atoms in total. The predicted molar refractivity (Wildman–Crippen MR) is 74.1 cm³/mol. The van der Waals surface area contributed by atoms with E-state index in [9.17, 15) is 4.39 Å². The van der Waals surface area contributed by atoms with Crippen LogP contribution in [0.3, 0.4) is 0 Å². The molecule has 0 bridgehead atoms. The van der Waals surface area contributed by atoms with Crippen LogP contribution >= 0.6 is 0 Å². The maximum absolute atomic E-state index is 13.8. The molecule has 1 aliphatic rings. The minimum Gasteiger partial charge on any atom is -0.313 e. The number of rotatable bonds is 7. The molecule has 0 radical (unpaired) electrons. The molecule has 1 aromatic rings. The second kappa shape index (κ2) is 5.83. The lowest BCUT2D eigenvalue weighted by Crippen LogP contribution is -2.35. The second-order valence-electron chi connectivity index (χ2n) is 5.98. The van der Waals surface area contributed by atoms with E-state index in [4.69, 9.17) is 0 Å². The van der Waals surface area contributed by atoms with Crippen molar-refractivity contribution in [1.82, 2.24) is 5.32 Å². The molecular weight excluding hydrogens is 225 g/mol. The number of nitrogens with one attached hydrogen (secondary N) is 1. The Balaban J connectivity index is 2.01. The van der Waals surface area contributed by atoms with E-state index in [0.29, 0.717) is 0 Å². The standard InChI is InChI=1S/C16H24FN/c1-3-10-16(2,12-18-14-8-9-14)11-13-6-4-5-7-15(13)17/h4-7,14,18H,3,8-12H2,1-2H3. The fraction of sp³-hybridized carbons (Fsp3) is 0.625. The van der Waals surface area contributed by atoms with Crippen molar-refractivity contribution >= 4 is 0 Å². The van der Waals surface area contributed by atoms with Gasteiger partial charge in [-0.05, 0) is 42.7 Å². The lowest BCUT2D eigenvalue weighted by molar-refractivity contribution is 0.271. The van der Waals surface area contributed by atoms with Gasteiger partial charge >= 0.3 is 0 Å². The normalized spacial score (nSPS) is 18.6. The van der Waals surface area contributed by atoms with Crippen LogP contribution in [-0.4, -0.2) is 12.6 Å². The van der Waals surface area contributed by atoms with Gasteiger partial charge in [-0.1, -0.05) is 38.5 Å². The van der Waals surface area contributed by atoms with E-state index in [1.807, 2.05) is 12.1 Å². The molecule has 2 heteroatoms. The monoisotopic (exact) mass is 249 g/mol. The fourth-order valence-corrected chi connectivity index (χ4v) is 2.62. The Kier molecular flexibility index (Phi) is 4.39. The van der Waals surface area contributed by atoms with Gasteiger partial charge in [-0.2, -0.15) is 0 Å². The van der Waals surface area contributed by atoms with Crippen LogP contribution in [0, 0.1) is 11.2 Å². The Morgan fingerprint density at radius 3 is 2.67 bits per heavy atom. The molecule has 0 spiro atoms. The summed E-state index contributed by atoms with van der Waals surface area (Å²) in [5.41, 5.74) is 1.02. The number of benzene rings is 1. The topological polar surface area (TPSA) is 12.0 Å². The van der Waals surface area contributed by atoms with Crippen molar-refractivity contribution < 1.29 is 4.39 Å². The summed E-state index contributed by atoms with van der Waals surface area (Å²) in [5.74, 6) is -0.0637. The highest BCUT2D eigenvalue weighted by atomic mass is 19.1. The van der Waals surface area contributed by atoms with Crippen LogP contribution in [0.2, 0.25) is 0 Å². The van der Waals surface area contributed by atoms with Gasteiger partial charge in [0.15, 0.2) is 0 Å². The van der Waals surface area contributed by atoms with Crippen LogP contribution in [0.25, 0.3) is 0 Å². The molecule has 1 aromatic carbocycles. The van der Waals surface area contributed by atoms with Crippen molar-refractivity contribution in [3.63, 3.8) is 0 Å². The summed E-state index contributed by atoms with van der Waals surface area (Å²) < 4.78 is 13.8. The van der Waals surface area contributed by atoms with E-state index >= 15 is 0 Å². The first kappa shape index (κ1) is 13.5. The molecule has 1 unspecified atom stereocenters. The van der Waals surface area contributed by atoms with E-state index in [2.05, 4.69) is 19.2 Å². The molecule has 0 saturated heterocycles. The zero-order valence-corrected chi connectivity index (χ0v) is 11.5. The molecule has 1 saturated carbocycles.